The molecule has 1 aromatic rings. The van der Waals surface area contributed by atoms with Crippen molar-refractivity contribution in [1.82, 2.24) is 9.55 Å². The summed E-state index contributed by atoms with van der Waals surface area (Å²) in [5.74, 6) is -0.171. The van der Waals surface area contributed by atoms with E-state index >= 15 is 0 Å². The third-order valence-electron chi connectivity index (χ3n) is 2.69. The predicted octanol–water partition coefficient (Wildman–Crippen LogP) is 1.03. The number of rotatable bonds is 3. The van der Waals surface area contributed by atoms with E-state index in [1.165, 1.54) is 22.9 Å². The van der Waals surface area contributed by atoms with Gasteiger partial charge in [0, 0.05) is 19.2 Å². The third-order valence-corrected chi connectivity index (χ3v) is 2.69. The van der Waals surface area contributed by atoms with Crippen molar-refractivity contribution in [2.45, 2.75) is 25.5 Å². The Hall–Kier alpha value is -1.69. The Balaban J connectivity index is 2.23. The third kappa shape index (κ3) is 2.36. The Kier molecular flexibility index (Phi) is 3.23. The van der Waals surface area contributed by atoms with Gasteiger partial charge in [0.1, 0.15) is 17.7 Å². The van der Waals surface area contributed by atoms with Crippen molar-refractivity contribution in [3.8, 4) is 0 Å². The molecule has 0 fully saturated rings. The Labute approximate surface area is 97.7 Å². The van der Waals surface area contributed by atoms with Gasteiger partial charge in [-0.15, -0.1) is 0 Å². The van der Waals surface area contributed by atoms with Gasteiger partial charge in [-0.1, -0.05) is 0 Å². The van der Waals surface area contributed by atoms with E-state index in [1.54, 1.807) is 6.92 Å². The first kappa shape index (κ1) is 11.8. The van der Waals surface area contributed by atoms with E-state index in [0.717, 1.165) is 0 Å². The van der Waals surface area contributed by atoms with Crippen molar-refractivity contribution in [2.24, 2.45) is 0 Å². The van der Waals surface area contributed by atoms with Crippen LogP contribution < -0.4 is 11.4 Å². The molecule has 0 bridgehead atoms. The first-order valence-electron chi connectivity index (χ1n) is 5.45. The van der Waals surface area contributed by atoms with Gasteiger partial charge in [-0.2, -0.15) is 4.98 Å². The lowest BCUT2D eigenvalue weighted by Crippen LogP contribution is -2.26. The van der Waals surface area contributed by atoms with Crippen LogP contribution in [-0.4, -0.2) is 22.3 Å². The van der Waals surface area contributed by atoms with Gasteiger partial charge in [0.25, 0.3) is 0 Å². The number of hydrogen-bond acceptors (Lipinski definition) is 4. The van der Waals surface area contributed by atoms with Crippen LogP contribution >= 0.6 is 0 Å². The number of halogens is 1. The van der Waals surface area contributed by atoms with Gasteiger partial charge in [-0.05, 0) is 19.1 Å². The summed E-state index contributed by atoms with van der Waals surface area (Å²) in [7, 11) is 0. The molecule has 1 aromatic heterocycles. The summed E-state index contributed by atoms with van der Waals surface area (Å²) in [4.78, 5) is 15.2. The molecule has 2 N–H and O–H groups in total. The molecule has 92 valence electrons. The van der Waals surface area contributed by atoms with E-state index in [1.807, 2.05) is 0 Å². The molecule has 0 saturated carbocycles. The van der Waals surface area contributed by atoms with E-state index < -0.39 is 11.8 Å². The highest BCUT2D eigenvalue weighted by molar-refractivity contribution is 5.24. The van der Waals surface area contributed by atoms with Crippen LogP contribution in [0.5, 0.6) is 0 Å². The number of nitrogens with two attached hydrogens (primary N) is 1. The summed E-state index contributed by atoms with van der Waals surface area (Å²) < 4.78 is 20.1. The highest BCUT2D eigenvalue weighted by Crippen LogP contribution is 2.30. The molecular formula is C11H14FN3O2. The molecule has 0 radical (unpaired) electrons. The second-order valence-electron chi connectivity index (χ2n) is 3.84. The van der Waals surface area contributed by atoms with Crippen molar-refractivity contribution in [3.05, 3.63) is 34.7 Å². The molecule has 0 unspecified atom stereocenters. The molecule has 0 aromatic carbocycles. The zero-order chi connectivity index (χ0) is 12.4. The molecule has 0 saturated heterocycles. The minimum Gasteiger partial charge on any atom is -0.383 e. The van der Waals surface area contributed by atoms with Gasteiger partial charge < -0.3 is 10.5 Å². The molecule has 5 nitrogen and oxygen atoms in total. The summed E-state index contributed by atoms with van der Waals surface area (Å²) in [5.41, 5.74) is 4.91. The number of anilines is 1. The molecule has 1 heterocycles. The van der Waals surface area contributed by atoms with Crippen molar-refractivity contribution in [1.29, 1.82) is 0 Å². The first-order chi connectivity index (χ1) is 8.11. The molecule has 0 spiro atoms. The van der Waals surface area contributed by atoms with E-state index in [0.29, 0.717) is 13.0 Å². The lowest BCUT2D eigenvalue weighted by molar-refractivity contribution is 0.0697. The minimum atomic E-state index is -0.561. The number of ether oxygens (including phenoxy) is 1. The van der Waals surface area contributed by atoms with Gasteiger partial charge in [-0.3, -0.25) is 4.57 Å². The maximum Gasteiger partial charge on any atom is 0.350 e. The molecule has 0 amide bonds. The van der Waals surface area contributed by atoms with Gasteiger partial charge in [0.15, 0.2) is 0 Å². The first-order valence-corrected chi connectivity index (χ1v) is 5.45. The summed E-state index contributed by atoms with van der Waals surface area (Å²) in [6.07, 6.45) is 2.76. The van der Waals surface area contributed by atoms with Crippen LogP contribution in [0.25, 0.3) is 0 Å². The van der Waals surface area contributed by atoms with Gasteiger partial charge >= 0.3 is 5.69 Å². The average molecular weight is 239 g/mol. The largest absolute Gasteiger partial charge is 0.383 e. The normalized spacial score (nSPS) is 23.8. The van der Waals surface area contributed by atoms with Crippen LogP contribution in [0.15, 0.2) is 29.0 Å². The Bertz CT molecular complexity index is 498. The maximum absolute atomic E-state index is 13.5. The molecule has 1 aliphatic rings. The molecule has 0 aliphatic heterocycles. The second kappa shape index (κ2) is 4.67. The second-order valence-corrected chi connectivity index (χ2v) is 3.84. The highest BCUT2D eigenvalue weighted by atomic mass is 19.1. The standard InChI is InChI=1S/C11H14FN3O2/c1-2-17-9-6-7(5-8(9)12)15-4-3-10(13)14-11(15)16/h3-5,7,9H,2,6H2,1H3,(H2,13,14,16)/t7-,9-/m0/s1. The fourth-order valence-corrected chi connectivity index (χ4v) is 1.91. The van der Waals surface area contributed by atoms with Crippen molar-refractivity contribution in [2.75, 3.05) is 12.3 Å². The number of hydrogen-bond donors (Lipinski definition) is 1. The molecule has 2 atom stereocenters. The zero-order valence-electron chi connectivity index (χ0n) is 9.47. The summed E-state index contributed by atoms with van der Waals surface area (Å²) >= 11 is 0. The smallest absolute Gasteiger partial charge is 0.350 e. The number of nitrogen functional groups attached to an aromatic ring is 1. The van der Waals surface area contributed by atoms with E-state index in [-0.39, 0.29) is 17.7 Å². The molecule has 2 rings (SSSR count). The Morgan fingerprint density at radius 1 is 1.71 bits per heavy atom. The summed E-state index contributed by atoms with van der Waals surface area (Å²) in [6.45, 7) is 2.24. The van der Waals surface area contributed by atoms with Crippen molar-refractivity contribution >= 4 is 5.82 Å². The fraction of sp³-hybridized carbons (Fsp3) is 0.455. The van der Waals surface area contributed by atoms with Gasteiger partial charge in [0.2, 0.25) is 0 Å². The fourth-order valence-electron chi connectivity index (χ4n) is 1.91. The molecular weight excluding hydrogens is 225 g/mol. The Morgan fingerprint density at radius 2 is 2.47 bits per heavy atom. The van der Waals surface area contributed by atoms with Crippen molar-refractivity contribution in [3.63, 3.8) is 0 Å². The van der Waals surface area contributed by atoms with Crippen molar-refractivity contribution < 1.29 is 9.13 Å². The lowest BCUT2D eigenvalue weighted by Gasteiger charge is -2.14. The summed E-state index contributed by atoms with van der Waals surface area (Å²) in [6, 6.07) is 1.16. The molecule has 6 heteroatoms. The van der Waals surface area contributed by atoms with Crippen LogP contribution in [0.4, 0.5) is 10.2 Å². The van der Waals surface area contributed by atoms with E-state index in [2.05, 4.69) is 4.98 Å². The topological polar surface area (TPSA) is 70.1 Å². The van der Waals surface area contributed by atoms with Crippen LogP contribution in [0.2, 0.25) is 0 Å². The monoisotopic (exact) mass is 239 g/mol. The van der Waals surface area contributed by atoms with Crippen LogP contribution in [-0.2, 0) is 4.74 Å². The van der Waals surface area contributed by atoms with E-state index in [4.69, 9.17) is 10.5 Å². The van der Waals surface area contributed by atoms with Crippen LogP contribution in [0, 0.1) is 0 Å². The molecule has 1 aliphatic carbocycles. The van der Waals surface area contributed by atoms with Gasteiger partial charge in [0.05, 0.1) is 6.04 Å². The number of allylic oxidation sites excluding steroid dienone is 1. The maximum atomic E-state index is 13.5. The van der Waals surface area contributed by atoms with E-state index in [9.17, 15) is 9.18 Å². The van der Waals surface area contributed by atoms with Crippen LogP contribution in [0.3, 0.4) is 0 Å². The number of nitrogens with zero attached hydrogens (tertiary/aromatic N) is 2. The van der Waals surface area contributed by atoms with Gasteiger partial charge in [-0.25, -0.2) is 9.18 Å². The minimum absolute atomic E-state index is 0.162. The Morgan fingerprint density at radius 3 is 3.12 bits per heavy atom. The predicted molar refractivity (Wildman–Crippen MR) is 61.2 cm³/mol. The average Bonchev–Trinajstić information content (AvgIpc) is 2.60. The SMILES string of the molecule is CCO[C@H]1C[C@@H](n2ccc(N)nc2=O)C=C1F. The highest BCUT2D eigenvalue weighted by Gasteiger charge is 2.28. The van der Waals surface area contributed by atoms with Crippen LogP contribution in [0.1, 0.15) is 19.4 Å². The molecule has 17 heavy (non-hydrogen) atoms. The number of aromatic nitrogens is 2. The zero-order valence-corrected chi connectivity index (χ0v) is 9.47. The summed E-state index contributed by atoms with van der Waals surface area (Å²) in [5, 5.41) is 0. The quantitative estimate of drug-likeness (QED) is 0.855. The lowest BCUT2D eigenvalue weighted by atomic mass is 10.2.